The van der Waals surface area contributed by atoms with Gasteiger partial charge in [-0.1, -0.05) is 25.1 Å². The molecule has 0 radical (unpaired) electrons. The van der Waals surface area contributed by atoms with Crippen LogP contribution in [0.25, 0.3) is 0 Å². The second-order valence-electron chi connectivity index (χ2n) is 8.06. The van der Waals surface area contributed by atoms with Gasteiger partial charge < -0.3 is 19.7 Å². The van der Waals surface area contributed by atoms with Gasteiger partial charge in [0.1, 0.15) is 0 Å². The molecule has 1 aliphatic heterocycles. The Morgan fingerprint density at radius 2 is 2.15 bits per heavy atom. The molecule has 1 aromatic carbocycles. The fraction of sp³-hybridized carbons (Fsp3) is 0.429. The SMILES string of the molecule is CCOc1cc([C@@H]2C3=C(CC(C)(C)CC3=O)Nc3onc(C)c32)ccc1O. The molecule has 0 fully saturated rings. The number of nitrogens with zero attached hydrogens (tertiary/aromatic N) is 1. The lowest BCUT2D eigenvalue weighted by molar-refractivity contribution is -0.118. The lowest BCUT2D eigenvalue weighted by Crippen LogP contribution is -2.33. The number of carbonyl (C=O) groups excluding carboxylic acids is 1. The molecule has 4 rings (SSSR count). The number of nitrogens with one attached hydrogen (secondary N) is 1. The van der Waals surface area contributed by atoms with Crippen molar-refractivity contribution >= 4 is 11.7 Å². The highest BCUT2D eigenvalue weighted by atomic mass is 16.5. The monoisotopic (exact) mass is 368 g/mol. The zero-order valence-electron chi connectivity index (χ0n) is 16.0. The highest BCUT2D eigenvalue weighted by Gasteiger charge is 2.43. The number of hydrogen-bond donors (Lipinski definition) is 2. The number of hydrogen-bond acceptors (Lipinski definition) is 6. The summed E-state index contributed by atoms with van der Waals surface area (Å²) in [6, 6.07) is 5.26. The average Bonchev–Trinajstić information content (AvgIpc) is 2.95. The van der Waals surface area contributed by atoms with E-state index in [4.69, 9.17) is 9.26 Å². The van der Waals surface area contributed by atoms with Crippen LogP contribution >= 0.6 is 0 Å². The summed E-state index contributed by atoms with van der Waals surface area (Å²) in [7, 11) is 0. The van der Waals surface area contributed by atoms with Crippen molar-refractivity contribution < 1.29 is 19.2 Å². The first kappa shape index (κ1) is 17.6. The third kappa shape index (κ3) is 2.89. The van der Waals surface area contributed by atoms with Crippen LogP contribution in [0.15, 0.2) is 34.0 Å². The van der Waals surface area contributed by atoms with Gasteiger partial charge in [0.15, 0.2) is 17.3 Å². The van der Waals surface area contributed by atoms with Crippen molar-refractivity contribution in [2.24, 2.45) is 5.41 Å². The molecular weight excluding hydrogens is 344 g/mol. The van der Waals surface area contributed by atoms with Crippen LogP contribution in [0.3, 0.4) is 0 Å². The van der Waals surface area contributed by atoms with Crippen molar-refractivity contribution in [3.8, 4) is 11.5 Å². The van der Waals surface area contributed by atoms with E-state index in [0.29, 0.717) is 24.7 Å². The van der Waals surface area contributed by atoms with E-state index < -0.39 is 0 Å². The number of allylic oxidation sites excluding steroid dienone is 2. The summed E-state index contributed by atoms with van der Waals surface area (Å²) < 4.78 is 11.1. The zero-order valence-corrected chi connectivity index (χ0v) is 16.0. The summed E-state index contributed by atoms with van der Waals surface area (Å²) in [6.45, 7) is 8.39. The Labute approximate surface area is 158 Å². The number of Topliss-reactive ketones (excluding diaryl/α,β-unsaturated/α-hetero) is 1. The highest BCUT2D eigenvalue weighted by molar-refractivity contribution is 6.01. The number of rotatable bonds is 3. The van der Waals surface area contributed by atoms with Crippen molar-refractivity contribution in [3.63, 3.8) is 0 Å². The van der Waals surface area contributed by atoms with Gasteiger partial charge in [0.2, 0.25) is 5.88 Å². The fourth-order valence-electron chi connectivity index (χ4n) is 4.18. The minimum Gasteiger partial charge on any atom is -0.504 e. The van der Waals surface area contributed by atoms with Gasteiger partial charge in [-0.05, 0) is 43.4 Å². The van der Waals surface area contributed by atoms with Crippen LogP contribution in [0, 0.1) is 12.3 Å². The van der Waals surface area contributed by atoms with Gasteiger partial charge in [-0.25, -0.2) is 0 Å². The molecule has 2 heterocycles. The van der Waals surface area contributed by atoms with Crippen molar-refractivity contribution in [2.75, 3.05) is 11.9 Å². The molecule has 0 saturated carbocycles. The Hall–Kier alpha value is -2.76. The number of carbonyl (C=O) groups is 1. The summed E-state index contributed by atoms with van der Waals surface area (Å²) in [5.74, 6) is 0.937. The maximum Gasteiger partial charge on any atom is 0.233 e. The normalized spacial score (nSPS) is 20.7. The molecule has 0 spiro atoms. The van der Waals surface area contributed by atoms with Gasteiger partial charge in [-0.15, -0.1) is 0 Å². The summed E-state index contributed by atoms with van der Waals surface area (Å²) in [6.07, 6.45) is 1.26. The summed E-state index contributed by atoms with van der Waals surface area (Å²) in [5, 5.41) is 17.5. The molecule has 1 aliphatic carbocycles. The van der Waals surface area contributed by atoms with Crippen molar-refractivity contribution in [1.29, 1.82) is 0 Å². The molecular formula is C21H24N2O4. The van der Waals surface area contributed by atoms with E-state index in [0.717, 1.165) is 34.5 Å². The molecule has 1 aromatic heterocycles. The first-order valence-corrected chi connectivity index (χ1v) is 9.26. The van der Waals surface area contributed by atoms with Crippen LogP contribution < -0.4 is 10.1 Å². The molecule has 0 amide bonds. The van der Waals surface area contributed by atoms with Crippen LogP contribution in [-0.4, -0.2) is 22.7 Å². The third-order valence-electron chi connectivity index (χ3n) is 5.29. The average molecular weight is 368 g/mol. The van der Waals surface area contributed by atoms with Crippen LogP contribution in [0.2, 0.25) is 0 Å². The highest BCUT2D eigenvalue weighted by Crippen LogP contribution is 2.50. The number of aromatic nitrogens is 1. The van der Waals surface area contributed by atoms with E-state index in [1.54, 1.807) is 6.07 Å². The molecule has 2 N–H and O–H groups in total. The van der Waals surface area contributed by atoms with Gasteiger partial charge in [-0.3, -0.25) is 4.79 Å². The van der Waals surface area contributed by atoms with Crippen molar-refractivity contribution in [2.45, 2.75) is 46.5 Å². The summed E-state index contributed by atoms with van der Waals surface area (Å²) in [5.41, 5.74) is 4.06. The smallest absolute Gasteiger partial charge is 0.233 e. The molecule has 2 aromatic rings. The van der Waals surface area contributed by atoms with Crippen LogP contribution in [-0.2, 0) is 4.79 Å². The Bertz CT molecular complexity index is 955. The van der Waals surface area contributed by atoms with E-state index in [9.17, 15) is 9.90 Å². The second-order valence-corrected chi connectivity index (χ2v) is 8.06. The van der Waals surface area contributed by atoms with Gasteiger partial charge in [0.05, 0.1) is 17.9 Å². The first-order valence-electron chi connectivity index (χ1n) is 9.26. The van der Waals surface area contributed by atoms with E-state index in [1.165, 1.54) is 0 Å². The minimum absolute atomic E-state index is 0.0853. The molecule has 6 heteroatoms. The number of fused-ring (bicyclic) bond motifs is 1. The number of anilines is 1. The van der Waals surface area contributed by atoms with E-state index >= 15 is 0 Å². The Morgan fingerprint density at radius 3 is 2.89 bits per heavy atom. The number of phenolic OH excluding ortho intramolecular Hbond substituents is 1. The van der Waals surface area contributed by atoms with Gasteiger partial charge in [0, 0.05) is 23.6 Å². The van der Waals surface area contributed by atoms with Gasteiger partial charge in [-0.2, -0.15) is 0 Å². The van der Waals surface area contributed by atoms with Crippen LogP contribution in [0.5, 0.6) is 11.5 Å². The molecule has 1 atom stereocenters. The zero-order chi connectivity index (χ0) is 19.3. The number of benzene rings is 1. The predicted octanol–water partition coefficient (Wildman–Crippen LogP) is 4.29. The van der Waals surface area contributed by atoms with Gasteiger partial charge >= 0.3 is 0 Å². The lowest BCUT2D eigenvalue weighted by Gasteiger charge is -2.37. The third-order valence-corrected chi connectivity index (χ3v) is 5.29. The number of ether oxygens (including phenoxy) is 1. The van der Waals surface area contributed by atoms with E-state index in [-0.39, 0.29) is 22.9 Å². The van der Waals surface area contributed by atoms with E-state index in [2.05, 4.69) is 24.3 Å². The number of aryl methyl sites for hydroxylation is 1. The maximum atomic E-state index is 13.1. The molecule has 0 unspecified atom stereocenters. The Morgan fingerprint density at radius 1 is 1.37 bits per heavy atom. The van der Waals surface area contributed by atoms with E-state index in [1.807, 2.05) is 26.0 Å². The molecule has 0 saturated heterocycles. The Kier molecular flexibility index (Phi) is 4.02. The standard InChI is InChI=1S/C21H24N2O4/c1-5-26-16-8-12(6-7-14(16)24)18-17-11(2)23-27-20(17)22-13-9-21(3,4)10-15(25)19(13)18/h6-8,18,22,24H,5,9-10H2,1-4H3/t18-/m0/s1. The first-order chi connectivity index (χ1) is 12.8. The topological polar surface area (TPSA) is 84.6 Å². The van der Waals surface area contributed by atoms with Crippen LogP contribution in [0.1, 0.15) is 56.4 Å². The molecule has 6 nitrogen and oxygen atoms in total. The largest absolute Gasteiger partial charge is 0.504 e. The van der Waals surface area contributed by atoms with Crippen LogP contribution in [0.4, 0.5) is 5.88 Å². The number of aromatic hydroxyl groups is 1. The molecule has 2 aliphatic rings. The quantitative estimate of drug-likeness (QED) is 0.841. The predicted molar refractivity (Wildman–Crippen MR) is 101 cm³/mol. The second kappa shape index (κ2) is 6.15. The van der Waals surface area contributed by atoms with Crippen molar-refractivity contribution in [1.82, 2.24) is 5.16 Å². The molecule has 27 heavy (non-hydrogen) atoms. The molecule has 0 bridgehead atoms. The number of phenols is 1. The lowest BCUT2D eigenvalue weighted by atomic mass is 9.69. The molecule has 142 valence electrons. The summed E-state index contributed by atoms with van der Waals surface area (Å²) in [4.78, 5) is 13.1. The fourth-order valence-corrected chi connectivity index (χ4v) is 4.18. The van der Waals surface area contributed by atoms with Crippen molar-refractivity contribution in [3.05, 3.63) is 46.3 Å². The summed E-state index contributed by atoms with van der Waals surface area (Å²) >= 11 is 0. The maximum absolute atomic E-state index is 13.1. The Balaban J connectivity index is 1.91. The number of ketones is 1. The van der Waals surface area contributed by atoms with Gasteiger partial charge in [0.25, 0.3) is 0 Å². The minimum atomic E-state index is -0.286.